The van der Waals surface area contributed by atoms with Crippen LogP contribution in [0.3, 0.4) is 0 Å². The zero-order valence-corrected chi connectivity index (χ0v) is 12.5. The molecule has 22 heavy (non-hydrogen) atoms. The molecule has 3 N–H and O–H groups in total. The van der Waals surface area contributed by atoms with Crippen LogP contribution in [0.15, 0.2) is 18.2 Å². The summed E-state index contributed by atoms with van der Waals surface area (Å²) in [4.78, 5) is 12.1. The number of carbonyl (C=O) groups is 1. The SMILES string of the molecule is Cl.NC1CCCC(C(=O)Nc2ccc(F)cc2OC(F)F)C1. The minimum Gasteiger partial charge on any atom is -0.432 e. The van der Waals surface area contributed by atoms with Crippen molar-refractivity contribution in [1.29, 1.82) is 0 Å². The Labute approximate surface area is 132 Å². The Hall–Kier alpha value is -1.47. The second-order valence-corrected chi connectivity index (χ2v) is 5.13. The molecule has 2 unspecified atom stereocenters. The second-order valence-electron chi connectivity index (χ2n) is 5.13. The number of benzene rings is 1. The third-order valence-corrected chi connectivity index (χ3v) is 3.50. The standard InChI is InChI=1S/C14H17F3N2O2.ClH/c15-9-4-5-11(12(7-9)21-14(16)17)19-13(20)8-2-1-3-10(18)6-8;/h4-5,7-8,10,14H,1-3,6,18H2,(H,19,20);1H. The average molecular weight is 339 g/mol. The fourth-order valence-electron chi connectivity index (χ4n) is 2.49. The highest BCUT2D eigenvalue weighted by Gasteiger charge is 2.26. The normalized spacial score (nSPS) is 21.1. The van der Waals surface area contributed by atoms with E-state index < -0.39 is 18.2 Å². The van der Waals surface area contributed by atoms with E-state index in [2.05, 4.69) is 10.1 Å². The van der Waals surface area contributed by atoms with Crippen LogP contribution in [0, 0.1) is 11.7 Å². The van der Waals surface area contributed by atoms with Crippen LogP contribution in [0.25, 0.3) is 0 Å². The summed E-state index contributed by atoms with van der Waals surface area (Å²) >= 11 is 0. The van der Waals surface area contributed by atoms with Crippen LogP contribution in [-0.2, 0) is 4.79 Å². The molecule has 0 aromatic heterocycles. The van der Waals surface area contributed by atoms with Crippen molar-refractivity contribution >= 4 is 24.0 Å². The molecule has 1 aromatic rings. The molecule has 1 aliphatic rings. The van der Waals surface area contributed by atoms with Gasteiger partial charge in [0, 0.05) is 18.0 Å². The number of hydrogen-bond donors (Lipinski definition) is 2. The first-order valence-corrected chi connectivity index (χ1v) is 6.76. The van der Waals surface area contributed by atoms with Crippen molar-refractivity contribution < 1.29 is 22.7 Å². The van der Waals surface area contributed by atoms with E-state index in [9.17, 15) is 18.0 Å². The summed E-state index contributed by atoms with van der Waals surface area (Å²) < 4.78 is 41.9. The maximum Gasteiger partial charge on any atom is 0.387 e. The van der Waals surface area contributed by atoms with Crippen molar-refractivity contribution in [2.24, 2.45) is 11.7 Å². The summed E-state index contributed by atoms with van der Waals surface area (Å²) in [6.45, 7) is -3.09. The lowest BCUT2D eigenvalue weighted by Gasteiger charge is -2.26. The maximum atomic E-state index is 13.1. The van der Waals surface area contributed by atoms with Gasteiger partial charge in [-0.05, 0) is 31.4 Å². The lowest BCUT2D eigenvalue weighted by Crippen LogP contribution is -2.34. The molecule has 0 saturated heterocycles. The van der Waals surface area contributed by atoms with Gasteiger partial charge in [-0.15, -0.1) is 12.4 Å². The number of nitrogens with one attached hydrogen (secondary N) is 1. The number of amides is 1. The van der Waals surface area contributed by atoms with Crippen LogP contribution in [0.4, 0.5) is 18.9 Å². The van der Waals surface area contributed by atoms with Crippen molar-refractivity contribution in [2.45, 2.75) is 38.3 Å². The van der Waals surface area contributed by atoms with Gasteiger partial charge in [-0.3, -0.25) is 4.79 Å². The fraction of sp³-hybridized carbons (Fsp3) is 0.500. The minimum atomic E-state index is -3.09. The lowest BCUT2D eigenvalue weighted by atomic mass is 9.85. The van der Waals surface area contributed by atoms with Gasteiger partial charge in [0.2, 0.25) is 5.91 Å². The van der Waals surface area contributed by atoms with Gasteiger partial charge in [0.25, 0.3) is 0 Å². The highest BCUT2D eigenvalue weighted by molar-refractivity contribution is 5.94. The Morgan fingerprint density at radius 2 is 2.09 bits per heavy atom. The molecule has 1 aliphatic carbocycles. The highest BCUT2D eigenvalue weighted by atomic mass is 35.5. The van der Waals surface area contributed by atoms with Crippen LogP contribution in [0.1, 0.15) is 25.7 Å². The summed E-state index contributed by atoms with van der Waals surface area (Å²) in [6.07, 6.45) is 2.98. The number of ether oxygens (including phenoxy) is 1. The molecular weight excluding hydrogens is 321 g/mol. The van der Waals surface area contributed by atoms with Gasteiger partial charge >= 0.3 is 6.61 Å². The molecule has 2 atom stereocenters. The van der Waals surface area contributed by atoms with Gasteiger partial charge in [0.1, 0.15) is 5.82 Å². The van der Waals surface area contributed by atoms with Gasteiger partial charge < -0.3 is 15.8 Å². The quantitative estimate of drug-likeness (QED) is 0.885. The molecule has 0 radical (unpaired) electrons. The van der Waals surface area contributed by atoms with E-state index in [-0.39, 0.29) is 36.0 Å². The smallest absolute Gasteiger partial charge is 0.387 e. The van der Waals surface area contributed by atoms with Crippen molar-refractivity contribution in [1.82, 2.24) is 0 Å². The van der Waals surface area contributed by atoms with E-state index in [0.717, 1.165) is 25.0 Å². The molecule has 0 aliphatic heterocycles. The molecule has 8 heteroatoms. The first kappa shape index (κ1) is 18.6. The fourth-order valence-corrected chi connectivity index (χ4v) is 2.49. The molecule has 124 valence electrons. The lowest BCUT2D eigenvalue weighted by molar-refractivity contribution is -0.121. The van der Waals surface area contributed by atoms with Gasteiger partial charge in [0.05, 0.1) is 5.69 Å². The molecule has 1 fully saturated rings. The van der Waals surface area contributed by atoms with E-state index in [4.69, 9.17) is 5.73 Å². The number of anilines is 1. The molecule has 2 rings (SSSR count). The van der Waals surface area contributed by atoms with Gasteiger partial charge in [-0.1, -0.05) is 6.42 Å². The largest absolute Gasteiger partial charge is 0.432 e. The topological polar surface area (TPSA) is 64.4 Å². The number of carbonyl (C=O) groups excluding carboxylic acids is 1. The van der Waals surface area contributed by atoms with Crippen LogP contribution in [0.2, 0.25) is 0 Å². The molecule has 1 amide bonds. The number of nitrogens with two attached hydrogens (primary N) is 1. The van der Waals surface area contributed by atoms with E-state index >= 15 is 0 Å². The highest BCUT2D eigenvalue weighted by Crippen LogP contribution is 2.29. The van der Waals surface area contributed by atoms with Gasteiger partial charge in [-0.2, -0.15) is 8.78 Å². The average Bonchev–Trinajstić information content (AvgIpc) is 2.41. The van der Waals surface area contributed by atoms with Gasteiger partial charge in [0.15, 0.2) is 5.75 Å². The Bertz CT molecular complexity index is 517. The summed E-state index contributed by atoms with van der Waals surface area (Å²) in [7, 11) is 0. The first-order chi connectivity index (χ1) is 9.95. The predicted octanol–water partition coefficient (Wildman–Crippen LogP) is 3.30. The van der Waals surface area contributed by atoms with Crippen LogP contribution in [0.5, 0.6) is 5.75 Å². The number of rotatable bonds is 4. The molecule has 1 aromatic carbocycles. The van der Waals surface area contributed by atoms with Crippen LogP contribution in [-0.4, -0.2) is 18.6 Å². The van der Waals surface area contributed by atoms with Crippen LogP contribution >= 0.6 is 12.4 Å². The van der Waals surface area contributed by atoms with Crippen LogP contribution < -0.4 is 15.8 Å². The van der Waals surface area contributed by atoms with Crippen molar-refractivity contribution in [2.75, 3.05) is 5.32 Å². The summed E-state index contributed by atoms with van der Waals surface area (Å²) in [6, 6.07) is 3.06. The Balaban J connectivity index is 0.00000242. The minimum absolute atomic E-state index is 0. The van der Waals surface area contributed by atoms with E-state index in [0.29, 0.717) is 12.8 Å². The molecule has 1 saturated carbocycles. The molecule has 0 heterocycles. The number of halogens is 4. The summed E-state index contributed by atoms with van der Waals surface area (Å²) in [5, 5.41) is 2.51. The zero-order chi connectivity index (χ0) is 15.4. The van der Waals surface area contributed by atoms with Gasteiger partial charge in [-0.25, -0.2) is 4.39 Å². The summed E-state index contributed by atoms with van der Waals surface area (Å²) in [5.41, 5.74) is 5.85. The van der Waals surface area contributed by atoms with Crippen molar-refractivity contribution in [3.63, 3.8) is 0 Å². The Morgan fingerprint density at radius 1 is 1.36 bits per heavy atom. The van der Waals surface area contributed by atoms with E-state index in [1.807, 2.05) is 0 Å². The monoisotopic (exact) mass is 338 g/mol. The molecule has 0 bridgehead atoms. The molecule has 4 nitrogen and oxygen atoms in total. The Kier molecular flexibility index (Phi) is 6.96. The first-order valence-electron chi connectivity index (χ1n) is 6.76. The van der Waals surface area contributed by atoms with E-state index in [1.54, 1.807) is 0 Å². The number of hydrogen-bond acceptors (Lipinski definition) is 3. The third kappa shape index (κ3) is 5.06. The number of alkyl halides is 2. The predicted molar refractivity (Wildman–Crippen MR) is 78.8 cm³/mol. The summed E-state index contributed by atoms with van der Waals surface area (Å²) in [5.74, 6) is -1.68. The third-order valence-electron chi connectivity index (χ3n) is 3.50. The Morgan fingerprint density at radius 3 is 2.73 bits per heavy atom. The second kappa shape index (κ2) is 8.24. The molecule has 0 spiro atoms. The van der Waals surface area contributed by atoms with E-state index in [1.165, 1.54) is 6.07 Å². The maximum absolute atomic E-state index is 13.1. The van der Waals surface area contributed by atoms with Crippen molar-refractivity contribution in [3.05, 3.63) is 24.0 Å². The van der Waals surface area contributed by atoms with Crippen molar-refractivity contribution in [3.8, 4) is 5.75 Å². The zero-order valence-electron chi connectivity index (χ0n) is 11.7. The molecular formula is C14H18ClF3N2O2.